The van der Waals surface area contributed by atoms with Gasteiger partial charge in [0, 0.05) is 27.4 Å². The Hall–Kier alpha value is -3.79. The number of nitrogens with one attached hydrogen (secondary N) is 3. The van der Waals surface area contributed by atoms with Crippen LogP contribution in [0.1, 0.15) is 32.7 Å². The van der Waals surface area contributed by atoms with Crippen molar-refractivity contribution in [2.75, 3.05) is 23.8 Å². The topological polar surface area (TPSA) is 113 Å². The molecule has 0 bridgehead atoms. The number of carbonyl (C=O) groups excluding carboxylic acids is 2. The van der Waals surface area contributed by atoms with Gasteiger partial charge in [-0.3, -0.25) is 9.59 Å². The highest BCUT2D eigenvalue weighted by molar-refractivity contribution is 7.17. The monoisotopic (exact) mass is 502 g/mol. The quantitative estimate of drug-likeness (QED) is 0.309. The zero-order chi connectivity index (χ0) is 25.1. The molecule has 0 aliphatic carbocycles. The van der Waals surface area contributed by atoms with Crippen LogP contribution in [0, 0.1) is 6.92 Å². The third-order valence-corrected chi connectivity index (χ3v) is 7.01. The van der Waals surface area contributed by atoms with Crippen molar-refractivity contribution in [3.05, 3.63) is 82.9 Å². The van der Waals surface area contributed by atoms with Crippen molar-refractivity contribution in [2.45, 2.75) is 25.5 Å². The summed E-state index contributed by atoms with van der Waals surface area (Å²) in [7, 11) is 0. The molecule has 3 heterocycles. The Morgan fingerprint density at radius 2 is 1.86 bits per heavy atom. The summed E-state index contributed by atoms with van der Waals surface area (Å²) in [4.78, 5) is 30.7. The smallest absolute Gasteiger partial charge is 0.257 e. The summed E-state index contributed by atoms with van der Waals surface area (Å²) in [5.41, 5.74) is 3.08. The van der Waals surface area contributed by atoms with Crippen LogP contribution in [0.25, 0.3) is 10.1 Å². The predicted molar refractivity (Wildman–Crippen MR) is 141 cm³/mol. The number of aryl methyl sites for hydroxylation is 1. The van der Waals surface area contributed by atoms with Crippen molar-refractivity contribution < 1.29 is 19.4 Å². The second-order valence-corrected chi connectivity index (χ2v) is 9.67. The number of ether oxygens (including phenoxy) is 1. The molecule has 2 unspecified atom stereocenters. The molecule has 0 spiro atoms. The molecule has 9 heteroatoms. The fourth-order valence-electron chi connectivity index (χ4n) is 4.15. The number of nitrogens with zero attached hydrogens (tertiary/aromatic N) is 1. The second kappa shape index (κ2) is 10.4. The summed E-state index contributed by atoms with van der Waals surface area (Å²) in [6, 6.07) is 16.8. The largest absolute Gasteiger partial charge is 0.391 e. The maximum atomic E-state index is 13.3. The first-order chi connectivity index (χ1) is 17.5. The lowest BCUT2D eigenvalue weighted by molar-refractivity contribution is -0.0217. The molecule has 184 valence electrons. The van der Waals surface area contributed by atoms with E-state index in [-0.39, 0.29) is 30.0 Å². The number of rotatable bonds is 6. The van der Waals surface area contributed by atoms with Crippen molar-refractivity contribution in [3.8, 4) is 0 Å². The van der Waals surface area contributed by atoms with Crippen LogP contribution in [-0.2, 0) is 4.74 Å². The fraction of sp³-hybridized carbons (Fsp3) is 0.222. The number of fused-ring (bicyclic) bond motifs is 1. The molecule has 2 aromatic heterocycles. The number of aromatic nitrogens is 1. The summed E-state index contributed by atoms with van der Waals surface area (Å²) in [5.74, 6) is -0.224. The van der Waals surface area contributed by atoms with Gasteiger partial charge in [0.15, 0.2) is 5.82 Å². The summed E-state index contributed by atoms with van der Waals surface area (Å²) in [6.07, 6.45) is 1.27. The molecule has 1 fully saturated rings. The molecule has 36 heavy (non-hydrogen) atoms. The number of hydrogen-bond donors (Lipinski definition) is 4. The van der Waals surface area contributed by atoms with Crippen LogP contribution in [0.4, 0.5) is 17.2 Å². The number of hydrogen-bond acceptors (Lipinski definition) is 7. The molecule has 1 aliphatic heterocycles. The highest BCUT2D eigenvalue weighted by Crippen LogP contribution is 2.30. The van der Waals surface area contributed by atoms with E-state index >= 15 is 0 Å². The van der Waals surface area contributed by atoms with Crippen molar-refractivity contribution in [3.63, 3.8) is 0 Å². The summed E-state index contributed by atoms with van der Waals surface area (Å²) in [5, 5.41) is 21.6. The Balaban J connectivity index is 1.44. The number of aliphatic hydroxyl groups is 1. The number of thiophene rings is 1. The van der Waals surface area contributed by atoms with Crippen LogP contribution in [0.15, 0.2) is 66.2 Å². The standard InChI is InChI=1S/C27H26N4O4S/c1-16-6-2-4-8-22(16)30-25-23(31-27(34)21-15-36-24-9-5-3-7-20(21)24)10-17(12-28-25)26(33)29-18-11-19(32)14-35-13-18/h2-10,12,15,18-19,32H,11,13-14H2,1H3,(H,28,30)(H,29,33)(H,31,34). The molecule has 5 rings (SSSR count). The zero-order valence-electron chi connectivity index (χ0n) is 19.7. The third-order valence-electron chi connectivity index (χ3n) is 6.04. The van der Waals surface area contributed by atoms with E-state index in [2.05, 4.69) is 20.9 Å². The second-order valence-electron chi connectivity index (χ2n) is 8.76. The Kier molecular flexibility index (Phi) is 6.95. The predicted octanol–water partition coefficient (Wildman–Crippen LogP) is 4.48. The normalized spacial score (nSPS) is 17.5. The molecule has 0 saturated carbocycles. The number of amides is 2. The molecule has 2 aromatic carbocycles. The minimum absolute atomic E-state index is 0.265. The van der Waals surface area contributed by atoms with Crippen LogP contribution in [0.5, 0.6) is 0 Å². The highest BCUT2D eigenvalue weighted by atomic mass is 32.1. The lowest BCUT2D eigenvalue weighted by atomic mass is 10.1. The Bertz CT molecular complexity index is 1420. The molecule has 8 nitrogen and oxygen atoms in total. The Morgan fingerprint density at radius 3 is 2.69 bits per heavy atom. The molecule has 2 amide bonds. The van der Waals surface area contributed by atoms with Gasteiger partial charge in [0.2, 0.25) is 0 Å². The van der Waals surface area contributed by atoms with Crippen LogP contribution in [0.3, 0.4) is 0 Å². The van der Waals surface area contributed by atoms with Crippen LogP contribution in [0.2, 0.25) is 0 Å². The van der Waals surface area contributed by atoms with E-state index < -0.39 is 6.10 Å². The molecule has 1 saturated heterocycles. The molecule has 2 atom stereocenters. The SMILES string of the molecule is Cc1ccccc1Nc1ncc(C(=O)NC2COCC(O)C2)cc1NC(=O)c1csc2ccccc12. The van der Waals surface area contributed by atoms with Gasteiger partial charge < -0.3 is 25.8 Å². The van der Waals surface area contributed by atoms with E-state index in [0.717, 1.165) is 21.3 Å². The van der Waals surface area contributed by atoms with Gasteiger partial charge in [0.1, 0.15) is 0 Å². The number of pyridine rings is 1. The molecule has 0 radical (unpaired) electrons. The van der Waals surface area contributed by atoms with E-state index in [4.69, 9.17) is 4.74 Å². The first-order valence-corrected chi connectivity index (χ1v) is 12.5. The first kappa shape index (κ1) is 23.9. The minimum atomic E-state index is -0.613. The summed E-state index contributed by atoms with van der Waals surface area (Å²) < 4.78 is 6.35. The molecule has 1 aliphatic rings. The maximum Gasteiger partial charge on any atom is 0.257 e. The average molecular weight is 503 g/mol. The van der Waals surface area contributed by atoms with Gasteiger partial charge >= 0.3 is 0 Å². The van der Waals surface area contributed by atoms with E-state index in [0.29, 0.717) is 30.1 Å². The molecule has 4 N–H and O–H groups in total. The van der Waals surface area contributed by atoms with Crippen molar-refractivity contribution in [2.24, 2.45) is 0 Å². The number of para-hydroxylation sites is 1. The summed E-state index contributed by atoms with van der Waals surface area (Å²) in [6.45, 7) is 2.57. The third kappa shape index (κ3) is 5.23. The van der Waals surface area contributed by atoms with Crippen LogP contribution < -0.4 is 16.0 Å². The fourth-order valence-corrected chi connectivity index (χ4v) is 5.09. The molecular formula is C27H26N4O4S. The maximum absolute atomic E-state index is 13.3. The Morgan fingerprint density at radius 1 is 1.06 bits per heavy atom. The van der Waals surface area contributed by atoms with Crippen molar-refractivity contribution in [1.82, 2.24) is 10.3 Å². The van der Waals surface area contributed by atoms with Crippen molar-refractivity contribution >= 4 is 50.4 Å². The summed E-state index contributed by atoms with van der Waals surface area (Å²) >= 11 is 1.50. The van der Waals surface area contributed by atoms with Crippen LogP contribution >= 0.6 is 11.3 Å². The first-order valence-electron chi connectivity index (χ1n) is 11.6. The van der Waals surface area contributed by atoms with Gasteiger partial charge in [0.05, 0.1) is 42.2 Å². The highest BCUT2D eigenvalue weighted by Gasteiger charge is 2.24. The van der Waals surface area contributed by atoms with E-state index in [1.807, 2.05) is 60.8 Å². The van der Waals surface area contributed by atoms with E-state index in [1.165, 1.54) is 17.5 Å². The molecule has 4 aromatic rings. The number of benzene rings is 2. The van der Waals surface area contributed by atoms with Crippen molar-refractivity contribution in [1.29, 1.82) is 0 Å². The van der Waals surface area contributed by atoms with E-state index in [1.54, 1.807) is 6.07 Å². The number of anilines is 3. The van der Waals surface area contributed by atoms with Crippen LogP contribution in [-0.4, -0.2) is 47.3 Å². The van der Waals surface area contributed by atoms with Gasteiger partial charge in [0.25, 0.3) is 11.8 Å². The van der Waals surface area contributed by atoms with E-state index in [9.17, 15) is 14.7 Å². The van der Waals surface area contributed by atoms with Gasteiger partial charge in [-0.25, -0.2) is 4.98 Å². The zero-order valence-corrected chi connectivity index (χ0v) is 20.5. The lowest BCUT2D eigenvalue weighted by Gasteiger charge is -2.27. The van der Waals surface area contributed by atoms with Gasteiger partial charge in [-0.2, -0.15) is 0 Å². The molecular weight excluding hydrogens is 476 g/mol. The average Bonchev–Trinajstić information content (AvgIpc) is 3.31. The lowest BCUT2D eigenvalue weighted by Crippen LogP contribution is -2.45. The van der Waals surface area contributed by atoms with Gasteiger partial charge in [-0.15, -0.1) is 11.3 Å². The minimum Gasteiger partial charge on any atom is -0.391 e. The van der Waals surface area contributed by atoms with Gasteiger partial charge in [-0.1, -0.05) is 36.4 Å². The van der Waals surface area contributed by atoms with Gasteiger partial charge in [-0.05, 0) is 37.1 Å². The Labute approximate surface area is 212 Å². The number of carbonyl (C=O) groups is 2. The number of aliphatic hydroxyl groups excluding tert-OH is 1.